The van der Waals surface area contributed by atoms with Gasteiger partial charge in [0.2, 0.25) is 0 Å². The van der Waals surface area contributed by atoms with Crippen molar-refractivity contribution in [2.45, 2.75) is 32.7 Å². The molecule has 0 spiro atoms. The average Bonchev–Trinajstić information content (AvgIpc) is 1.87. The van der Waals surface area contributed by atoms with E-state index in [2.05, 4.69) is 32.7 Å². The van der Waals surface area contributed by atoms with E-state index in [1.54, 1.807) is 0 Å². The molecule has 0 aromatic heterocycles. The summed E-state index contributed by atoms with van der Waals surface area (Å²) in [5, 5.41) is 3.24. The summed E-state index contributed by atoms with van der Waals surface area (Å²) in [6.07, 6.45) is 3.12. The number of likely N-dealkylation sites (N-methyl/N-ethyl adjacent to an activating group) is 1. The summed E-state index contributed by atoms with van der Waals surface area (Å²) >= 11 is 0. The molecular formula is C9H19N. The highest BCUT2D eigenvalue weighted by atomic mass is 14.9. The van der Waals surface area contributed by atoms with Crippen LogP contribution in [0.2, 0.25) is 0 Å². The minimum atomic E-state index is 0.119. The molecule has 0 amide bonds. The van der Waals surface area contributed by atoms with Crippen LogP contribution in [-0.4, -0.2) is 12.6 Å². The van der Waals surface area contributed by atoms with Gasteiger partial charge in [-0.15, -0.1) is 6.58 Å². The molecule has 1 heteroatoms. The van der Waals surface area contributed by atoms with Crippen molar-refractivity contribution in [3.05, 3.63) is 12.7 Å². The third-order valence-corrected chi connectivity index (χ3v) is 1.85. The number of hydrogen-bond donors (Lipinski definition) is 1. The van der Waals surface area contributed by atoms with Crippen LogP contribution in [0.4, 0.5) is 0 Å². The van der Waals surface area contributed by atoms with Gasteiger partial charge in [-0.05, 0) is 26.3 Å². The Morgan fingerprint density at radius 1 is 1.60 bits per heavy atom. The van der Waals surface area contributed by atoms with Gasteiger partial charge in [-0.3, -0.25) is 0 Å². The number of rotatable bonds is 4. The lowest BCUT2D eigenvalue weighted by Gasteiger charge is -2.26. The summed E-state index contributed by atoms with van der Waals surface area (Å²) in [6.45, 7) is 10.4. The van der Waals surface area contributed by atoms with Crippen LogP contribution in [0.25, 0.3) is 0 Å². The largest absolute Gasteiger partial charge is 0.311 e. The Kier molecular flexibility index (Phi) is 3.66. The Balaban J connectivity index is 3.92. The molecule has 0 aromatic rings. The molecule has 0 bridgehead atoms. The van der Waals surface area contributed by atoms with Crippen LogP contribution in [0.3, 0.4) is 0 Å². The van der Waals surface area contributed by atoms with E-state index in [1.165, 1.54) is 0 Å². The first-order chi connectivity index (χ1) is 4.54. The molecule has 0 aliphatic carbocycles. The van der Waals surface area contributed by atoms with Gasteiger partial charge in [-0.25, -0.2) is 0 Å². The molecule has 0 fully saturated rings. The van der Waals surface area contributed by atoms with Crippen molar-refractivity contribution in [3.8, 4) is 0 Å². The Labute approximate surface area is 64.5 Å². The van der Waals surface area contributed by atoms with Gasteiger partial charge in [0.25, 0.3) is 0 Å². The maximum atomic E-state index is 3.79. The lowest BCUT2D eigenvalue weighted by atomic mass is 9.91. The Morgan fingerprint density at radius 2 is 2.10 bits per heavy atom. The zero-order valence-electron chi connectivity index (χ0n) is 7.57. The molecule has 1 unspecified atom stereocenters. The molecule has 0 aliphatic rings. The molecule has 0 aliphatic heterocycles. The van der Waals surface area contributed by atoms with Crippen LogP contribution < -0.4 is 5.32 Å². The second-order valence-electron chi connectivity index (χ2n) is 3.47. The fourth-order valence-corrected chi connectivity index (χ4v) is 1.14. The highest BCUT2D eigenvalue weighted by Crippen LogP contribution is 2.16. The van der Waals surface area contributed by atoms with Crippen molar-refractivity contribution in [1.82, 2.24) is 5.32 Å². The van der Waals surface area contributed by atoms with Gasteiger partial charge < -0.3 is 5.32 Å². The molecule has 10 heavy (non-hydrogen) atoms. The number of nitrogens with one attached hydrogen (secondary N) is 1. The quantitative estimate of drug-likeness (QED) is 0.592. The first kappa shape index (κ1) is 9.70. The molecule has 0 heterocycles. The maximum Gasteiger partial charge on any atom is 0.0332 e. The van der Waals surface area contributed by atoms with Crippen LogP contribution in [0.1, 0.15) is 27.2 Å². The average molecular weight is 141 g/mol. The summed E-state index contributed by atoms with van der Waals surface area (Å²) in [7, 11) is 1.98. The Morgan fingerprint density at radius 3 is 2.20 bits per heavy atom. The van der Waals surface area contributed by atoms with Crippen molar-refractivity contribution in [2.24, 2.45) is 5.92 Å². The minimum absolute atomic E-state index is 0.119. The van der Waals surface area contributed by atoms with Gasteiger partial charge >= 0.3 is 0 Å². The van der Waals surface area contributed by atoms with Gasteiger partial charge in [0.1, 0.15) is 0 Å². The normalized spacial score (nSPS) is 16.9. The van der Waals surface area contributed by atoms with E-state index in [0.29, 0.717) is 0 Å². The molecule has 0 saturated carbocycles. The van der Waals surface area contributed by atoms with Crippen LogP contribution >= 0.6 is 0 Å². The van der Waals surface area contributed by atoms with Crippen molar-refractivity contribution >= 4 is 0 Å². The van der Waals surface area contributed by atoms with Gasteiger partial charge in [-0.1, -0.05) is 19.9 Å². The highest BCUT2D eigenvalue weighted by molar-refractivity contribution is 4.98. The minimum Gasteiger partial charge on any atom is -0.311 e. The fraction of sp³-hybridized carbons (Fsp3) is 0.778. The smallest absolute Gasteiger partial charge is 0.0332 e. The summed E-state index contributed by atoms with van der Waals surface area (Å²) in [5.74, 6) is 0.718. The first-order valence-corrected chi connectivity index (χ1v) is 3.86. The molecule has 1 nitrogen and oxygen atoms in total. The van der Waals surface area contributed by atoms with E-state index in [0.717, 1.165) is 12.3 Å². The zero-order chi connectivity index (χ0) is 8.20. The van der Waals surface area contributed by atoms with Crippen molar-refractivity contribution in [2.75, 3.05) is 7.05 Å². The molecule has 60 valence electrons. The standard InChI is InChI=1S/C9H19N/c1-6-9(4,10-5)7-8(2)3/h6,8,10H,1,7H2,2-5H3. The van der Waals surface area contributed by atoms with Crippen LogP contribution in [0, 0.1) is 5.92 Å². The molecule has 0 saturated heterocycles. The lowest BCUT2D eigenvalue weighted by Crippen LogP contribution is -2.38. The number of hydrogen-bond acceptors (Lipinski definition) is 1. The predicted molar refractivity (Wildman–Crippen MR) is 47.1 cm³/mol. The van der Waals surface area contributed by atoms with E-state index in [-0.39, 0.29) is 5.54 Å². The summed E-state index contributed by atoms with van der Waals surface area (Å²) in [5.41, 5.74) is 0.119. The Bertz CT molecular complexity index is 107. The van der Waals surface area contributed by atoms with Gasteiger partial charge in [0.05, 0.1) is 0 Å². The van der Waals surface area contributed by atoms with Crippen LogP contribution in [-0.2, 0) is 0 Å². The summed E-state index contributed by atoms with van der Waals surface area (Å²) < 4.78 is 0. The molecule has 0 radical (unpaired) electrons. The van der Waals surface area contributed by atoms with Crippen molar-refractivity contribution < 1.29 is 0 Å². The van der Waals surface area contributed by atoms with Crippen molar-refractivity contribution in [1.29, 1.82) is 0 Å². The third-order valence-electron chi connectivity index (χ3n) is 1.85. The molecular weight excluding hydrogens is 122 g/mol. The predicted octanol–water partition coefficient (Wildman–Crippen LogP) is 2.20. The topological polar surface area (TPSA) is 12.0 Å². The first-order valence-electron chi connectivity index (χ1n) is 3.86. The maximum absolute atomic E-state index is 3.79. The van der Waals surface area contributed by atoms with Gasteiger partial charge in [0.15, 0.2) is 0 Å². The second kappa shape index (κ2) is 3.77. The zero-order valence-corrected chi connectivity index (χ0v) is 7.57. The van der Waals surface area contributed by atoms with E-state index < -0.39 is 0 Å². The molecule has 0 rings (SSSR count). The lowest BCUT2D eigenvalue weighted by molar-refractivity contribution is 0.380. The van der Waals surface area contributed by atoms with Crippen molar-refractivity contribution in [3.63, 3.8) is 0 Å². The monoisotopic (exact) mass is 141 g/mol. The molecule has 0 aromatic carbocycles. The summed E-state index contributed by atoms with van der Waals surface area (Å²) in [6, 6.07) is 0. The molecule has 1 atom stereocenters. The Hall–Kier alpha value is -0.300. The van der Waals surface area contributed by atoms with E-state index in [4.69, 9.17) is 0 Å². The summed E-state index contributed by atoms with van der Waals surface area (Å²) in [4.78, 5) is 0. The van der Waals surface area contributed by atoms with E-state index in [9.17, 15) is 0 Å². The highest BCUT2D eigenvalue weighted by Gasteiger charge is 2.17. The van der Waals surface area contributed by atoms with Gasteiger partial charge in [-0.2, -0.15) is 0 Å². The van der Waals surface area contributed by atoms with Crippen LogP contribution in [0.5, 0.6) is 0 Å². The third kappa shape index (κ3) is 3.02. The fourth-order valence-electron chi connectivity index (χ4n) is 1.14. The molecule has 1 N–H and O–H groups in total. The van der Waals surface area contributed by atoms with E-state index in [1.807, 2.05) is 13.1 Å². The van der Waals surface area contributed by atoms with E-state index >= 15 is 0 Å². The van der Waals surface area contributed by atoms with Gasteiger partial charge in [0, 0.05) is 5.54 Å². The second-order valence-corrected chi connectivity index (χ2v) is 3.47. The van der Waals surface area contributed by atoms with Crippen LogP contribution in [0.15, 0.2) is 12.7 Å². The SMILES string of the molecule is C=CC(C)(CC(C)C)NC.